The van der Waals surface area contributed by atoms with Crippen molar-refractivity contribution in [1.29, 1.82) is 0 Å². The number of hydrogen-bond donors (Lipinski definition) is 0. The first-order chi connectivity index (χ1) is 11.2. The summed E-state index contributed by atoms with van der Waals surface area (Å²) in [5, 5.41) is 0. The lowest BCUT2D eigenvalue weighted by atomic mass is 9.92. The first-order valence-corrected chi connectivity index (χ1v) is 8.99. The molecule has 0 bridgehead atoms. The van der Waals surface area contributed by atoms with Crippen molar-refractivity contribution in [1.82, 2.24) is 4.90 Å². The molecular formula is C19H30FNO2. The van der Waals surface area contributed by atoms with Gasteiger partial charge in [-0.15, -0.1) is 0 Å². The van der Waals surface area contributed by atoms with Crippen LogP contribution in [0.2, 0.25) is 0 Å². The van der Waals surface area contributed by atoms with Crippen LogP contribution in [0.5, 0.6) is 11.5 Å². The largest absolute Gasteiger partial charge is 0.493 e. The maximum atomic E-state index is 14.1. The molecule has 2 heterocycles. The standard InChI is InChI=1S/C17H24FNO2.C2H6/c1-3-9-20-17-14(18)6-7-15-16(17)12(11-21-15)10-13-5-4-8-19(13)2;1-2/h6-7,12-13H,3-5,8-11H2,1-2H3;1-2H3/t12?,13-;/m1./s1. The van der Waals surface area contributed by atoms with E-state index in [0.717, 1.165) is 30.7 Å². The average Bonchev–Trinajstić information content (AvgIpc) is 3.16. The number of fused-ring (bicyclic) bond motifs is 1. The molecule has 1 saturated heterocycles. The third-order valence-electron chi connectivity index (χ3n) is 4.63. The Morgan fingerprint density at radius 3 is 2.78 bits per heavy atom. The molecule has 0 aliphatic carbocycles. The topological polar surface area (TPSA) is 21.7 Å². The van der Waals surface area contributed by atoms with Crippen molar-refractivity contribution in [2.75, 3.05) is 26.8 Å². The van der Waals surface area contributed by atoms with Crippen LogP contribution in [0.15, 0.2) is 12.1 Å². The summed E-state index contributed by atoms with van der Waals surface area (Å²) in [6.45, 7) is 8.38. The molecule has 0 spiro atoms. The lowest BCUT2D eigenvalue weighted by Gasteiger charge is -2.23. The van der Waals surface area contributed by atoms with E-state index in [1.54, 1.807) is 6.07 Å². The van der Waals surface area contributed by atoms with E-state index in [2.05, 4.69) is 11.9 Å². The summed E-state index contributed by atoms with van der Waals surface area (Å²) in [7, 11) is 2.18. The maximum Gasteiger partial charge on any atom is 0.165 e. The molecule has 0 radical (unpaired) electrons. The van der Waals surface area contributed by atoms with Crippen molar-refractivity contribution in [2.24, 2.45) is 0 Å². The van der Waals surface area contributed by atoms with E-state index in [9.17, 15) is 4.39 Å². The van der Waals surface area contributed by atoms with Crippen molar-refractivity contribution in [3.05, 3.63) is 23.5 Å². The summed E-state index contributed by atoms with van der Waals surface area (Å²) in [6, 6.07) is 3.77. The molecule has 1 aromatic carbocycles. The second kappa shape index (κ2) is 8.53. The summed E-state index contributed by atoms with van der Waals surface area (Å²) >= 11 is 0. The van der Waals surface area contributed by atoms with Gasteiger partial charge in [-0.2, -0.15) is 0 Å². The second-order valence-electron chi connectivity index (χ2n) is 6.16. The molecule has 1 fully saturated rings. The van der Waals surface area contributed by atoms with Crippen molar-refractivity contribution in [3.63, 3.8) is 0 Å². The van der Waals surface area contributed by atoms with Crippen LogP contribution in [0, 0.1) is 5.82 Å². The van der Waals surface area contributed by atoms with Crippen molar-refractivity contribution >= 4 is 0 Å². The second-order valence-corrected chi connectivity index (χ2v) is 6.16. The molecule has 3 rings (SSSR count). The van der Waals surface area contributed by atoms with E-state index in [4.69, 9.17) is 9.47 Å². The Balaban J connectivity index is 0.000000924. The van der Waals surface area contributed by atoms with E-state index in [1.807, 2.05) is 20.8 Å². The predicted molar refractivity (Wildman–Crippen MR) is 92.0 cm³/mol. The summed E-state index contributed by atoms with van der Waals surface area (Å²) in [5.74, 6) is 1.19. The number of ether oxygens (including phenoxy) is 2. The fourth-order valence-corrected chi connectivity index (χ4v) is 3.48. The molecule has 0 aromatic heterocycles. The fourth-order valence-electron chi connectivity index (χ4n) is 3.48. The minimum Gasteiger partial charge on any atom is -0.493 e. The Bertz CT molecular complexity index is 506. The third-order valence-corrected chi connectivity index (χ3v) is 4.63. The number of rotatable bonds is 5. The van der Waals surface area contributed by atoms with E-state index in [0.29, 0.717) is 25.0 Å². The lowest BCUT2D eigenvalue weighted by molar-refractivity contribution is 0.254. The zero-order valence-electron chi connectivity index (χ0n) is 14.9. The molecule has 1 unspecified atom stereocenters. The highest BCUT2D eigenvalue weighted by Crippen LogP contribution is 2.45. The van der Waals surface area contributed by atoms with Crippen molar-refractivity contribution in [3.8, 4) is 11.5 Å². The Morgan fingerprint density at radius 1 is 1.35 bits per heavy atom. The molecule has 4 heteroatoms. The van der Waals surface area contributed by atoms with Gasteiger partial charge in [0.15, 0.2) is 11.6 Å². The smallest absolute Gasteiger partial charge is 0.165 e. The lowest BCUT2D eigenvalue weighted by Crippen LogP contribution is -2.27. The molecule has 2 aliphatic rings. The van der Waals surface area contributed by atoms with Gasteiger partial charge >= 0.3 is 0 Å². The number of halogens is 1. The van der Waals surface area contributed by atoms with E-state index in [1.165, 1.54) is 18.9 Å². The number of hydrogen-bond acceptors (Lipinski definition) is 3. The van der Waals surface area contributed by atoms with Gasteiger partial charge in [0.1, 0.15) is 5.75 Å². The minimum absolute atomic E-state index is 0.244. The van der Waals surface area contributed by atoms with Crippen molar-refractivity contribution in [2.45, 2.75) is 58.4 Å². The molecule has 2 aliphatic heterocycles. The first-order valence-electron chi connectivity index (χ1n) is 8.99. The maximum absolute atomic E-state index is 14.1. The van der Waals surface area contributed by atoms with Crippen LogP contribution in [0.4, 0.5) is 4.39 Å². The highest BCUT2D eigenvalue weighted by Gasteiger charge is 2.34. The summed E-state index contributed by atoms with van der Waals surface area (Å²) in [6.07, 6.45) is 4.38. The number of benzene rings is 1. The SMILES string of the molecule is CC.CCCOc1c(F)ccc2c1C(C[C@H]1CCCN1C)CO2. The van der Waals surface area contributed by atoms with Gasteiger partial charge in [0.2, 0.25) is 0 Å². The fraction of sp³-hybridized carbons (Fsp3) is 0.684. The molecule has 0 amide bonds. The predicted octanol–water partition coefficient (Wildman–Crippen LogP) is 4.60. The van der Waals surface area contributed by atoms with E-state index >= 15 is 0 Å². The normalized spacial score (nSPS) is 23.0. The van der Waals surface area contributed by atoms with E-state index in [-0.39, 0.29) is 11.7 Å². The van der Waals surface area contributed by atoms with Gasteiger partial charge in [0.05, 0.1) is 13.2 Å². The van der Waals surface area contributed by atoms with Crippen LogP contribution in [0.3, 0.4) is 0 Å². The highest BCUT2D eigenvalue weighted by atomic mass is 19.1. The van der Waals surface area contributed by atoms with Crippen LogP contribution in [0.1, 0.15) is 57.9 Å². The molecule has 130 valence electrons. The minimum atomic E-state index is -0.266. The van der Waals surface area contributed by atoms with Crippen LogP contribution in [-0.4, -0.2) is 37.7 Å². The molecule has 1 aromatic rings. The third kappa shape index (κ3) is 3.97. The Kier molecular flexibility index (Phi) is 6.70. The Hall–Kier alpha value is -1.29. The number of likely N-dealkylation sites (tertiary alicyclic amines) is 1. The zero-order valence-corrected chi connectivity index (χ0v) is 14.9. The van der Waals surface area contributed by atoms with Gasteiger partial charge < -0.3 is 14.4 Å². The van der Waals surface area contributed by atoms with Gasteiger partial charge in [-0.05, 0) is 51.4 Å². The van der Waals surface area contributed by atoms with Crippen LogP contribution in [0.25, 0.3) is 0 Å². The molecule has 2 atom stereocenters. The number of nitrogens with zero attached hydrogens (tertiary/aromatic N) is 1. The molecule has 0 saturated carbocycles. The van der Waals surface area contributed by atoms with Gasteiger partial charge in [0, 0.05) is 17.5 Å². The molecule has 23 heavy (non-hydrogen) atoms. The zero-order chi connectivity index (χ0) is 16.8. The summed E-state index contributed by atoms with van der Waals surface area (Å²) in [5.41, 5.74) is 0.948. The Labute approximate surface area is 139 Å². The van der Waals surface area contributed by atoms with Gasteiger partial charge in [0.25, 0.3) is 0 Å². The summed E-state index contributed by atoms with van der Waals surface area (Å²) in [4.78, 5) is 2.41. The van der Waals surface area contributed by atoms with E-state index < -0.39 is 0 Å². The van der Waals surface area contributed by atoms with Gasteiger partial charge in [-0.1, -0.05) is 20.8 Å². The van der Waals surface area contributed by atoms with Gasteiger partial charge in [-0.3, -0.25) is 0 Å². The van der Waals surface area contributed by atoms with Gasteiger partial charge in [-0.25, -0.2) is 4.39 Å². The van der Waals surface area contributed by atoms with Crippen molar-refractivity contribution < 1.29 is 13.9 Å². The summed E-state index contributed by atoms with van der Waals surface area (Å²) < 4.78 is 25.6. The Morgan fingerprint density at radius 2 is 2.13 bits per heavy atom. The van der Waals surface area contributed by atoms with Crippen LogP contribution < -0.4 is 9.47 Å². The average molecular weight is 323 g/mol. The van der Waals surface area contributed by atoms with Crippen LogP contribution in [-0.2, 0) is 0 Å². The molecule has 0 N–H and O–H groups in total. The molecule has 3 nitrogen and oxygen atoms in total. The first kappa shape index (κ1) is 18.1. The molecular weight excluding hydrogens is 293 g/mol. The van der Waals surface area contributed by atoms with Crippen LogP contribution >= 0.6 is 0 Å². The quantitative estimate of drug-likeness (QED) is 0.790. The monoisotopic (exact) mass is 323 g/mol. The highest BCUT2D eigenvalue weighted by molar-refractivity contribution is 5.50.